The normalized spacial score (nSPS) is 34.4. The molecule has 4 heteroatoms. The van der Waals surface area contributed by atoms with E-state index in [1.165, 1.54) is 12.8 Å². The fourth-order valence-electron chi connectivity index (χ4n) is 3.69. The van der Waals surface area contributed by atoms with Gasteiger partial charge in [-0.3, -0.25) is 4.90 Å². The fraction of sp³-hybridized carbons (Fsp3) is 1.00. The first-order valence-corrected chi connectivity index (χ1v) is 7.73. The largest absolute Gasteiger partial charge is 0.395 e. The maximum absolute atomic E-state index is 13.3. The summed E-state index contributed by atoms with van der Waals surface area (Å²) >= 11 is 0. The lowest BCUT2D eigenvalue weighted by Gasteiger charge is -2.39. The Balaban J connectivity index is 1.78. The molecule has 0 aromatic rings. The van der Waals surface area contributed by atoms with Gasteiger partial charge < -0.3 is 5.11 Å². The van der Waals surface area contributed by atoms with Gasteiger partial charge in [0.15, 0.2) is 0 Å². The summed E-state index contributed by atoms with van der Waals surface area (Å²) in [6.45, 7) is 3.36. The Morgan fingerprint density at radius 3 is 2.37 bits per heavy atom. The summed E-state index contributed by atoms with van der Waals surface area (Å²) in [5.41, 5.74) is 0. The first kappa shape index (κ1) is 15.2. The van der Waals surface area contributed by atoms with Crippen LogP contribution in [0.2, 0.25) is 0 Å². The smallest absolute Gasteiger partial charge is 0.248 e. The number of aliphatic hydroxyl groups excluding tert-OH is 1. The zero-order chi connectivity index (χ0) is 13.9. The molecule has 1 heterocycles. The van der Waals surface area contributed by atoms with Gasteiger partial charge in [-0.1, -0.05) is 6.42 Å². The van der Waals surface area contributed by atoms with E-state index in [0.717, 1.165) is 39.3 Å². The van der Waals surface area contributed by atoms with Crippen molar-refractivity contribution in [3.05, 3.63) is 0 Å². The Morgan fingerprint density at radius 2 is 1.79 bits per heavy atom. The molecule has 1 saturated heterocycles. The lowest BCUT2D eigenvalue weighted by molar-refractivity contribution is -0.0603. The van der Waals surface area contributed by atoms with Gasteiger partial charge >= 0.3 is 0 Å². The van der Waals surface area contributed by atoms with E-state index in [-0.39, 0.29) is 6.61 Å². The molecule has 1 aliphatic carbocycles. The molecule has 0 spiro atoms. The van der Waals surface area contributed by atoms with E-state index in [1.807, 2.05) is 0 Å². The van der Waals surface area contributed by atoms with Crippen molar-refractivity contribution in [1.82, 2.24) is 4.90 Å². The highest BCUT2D eigenvalue weighted by Crippen LogP contribution is 2.38. The number of piperidine rings is 1. The summed E-state index contributed by atoms with van der Waals surface area (Å²) in [6.07, 6.45) is 6.65. The molecular formula is C15H27F2NO. The number of hydrogen-bond acceptors (Lipinski definition) is 2. The van der Waals surface area contributed by atoms with Gasteiger partial charge in [0.1, 0.15) is 0 Å². The summed E-state index contributed by atoms with van der Waals surface area (Å²) in [4.78, 5) is 2.39. The predicted octanol–water partition coefficient (Wildman–Crippen LogP) is 3.29. The zero-order valence-electron chi connectivity index (χ0n) is 12.0. The number of hydrogen-bond donors (Lipinski definition) is 1. The second-order valence-corrected chi connectivity index (χ2v) is 6.50. The summed E-state index contributed by atoms with van der Waals surface area (Å²) < 4.78 is 26.5. The van der Waals surface area contributed by atoms with E-state index in [1.54, 1.807) is 0 Å². The van der Waals surface area contributed by atoms with E-state index < -0.39 is 11.8 Å². The van der Waals surface area contributed by atoms with Gasteiger partial charge in [0, 0.05) is 18.5 Å². The maximum Gasteiger partial charge on any atom is 0.248 e. The quantitative estimate of drug-likeness (QED) is 0.851. The van der Waals surface area contributed by atoms with Crippen LogP contribution in [-0.4, -0.2) is 41.7 Å². The molecule has 112 valence electrons. The molecule has 2 nitrogen and oxygen atoms in total. The Labute approximate surface area is 115 Å². The van der Waals surface area contributed by atoms with Crippen molar-refractivity contribution in [2.45, 2.75) is 63.8 Å². The van der Waals surface area contributed by atoms with Crippen LogP contribution in [-0.2, 0) is 0 Å². The SMILES string of the molecule is CC(F)(F)C1CCC(CN2CCCC[C@H]2CO)CC1. The van der Waals surface area contributed by atoms with Crippen molar-refractivity contribution in [2.24, 2.45) is 11.8 Å². The van der Waals surface area contributed by atoms with Crippen molar-refractivity contribution >= 4 is 0 Å². The monoisotopic (exact) mass is 275 g/mol. The second-order valence-electron chi connectivity index (χ2n) is 6.50. The Morgan fingerprint density at radius 1 is 1.11 bits per heavy atom. The van der Waals surface area contributed by atoms with Crippen LogP contribution in [0, 0.1) is 11.8 Å². The molecule has 1 aliphatic heterocycles. The summed E-state index contributed by atoms with van der Waals surface area (Å²) in [6, 6.07) is 0.305. The number of alkyl halides is 2. The van der Waals surface area contributed by atoms with Crippen LogP contribution >= 0.6 is 0 Å². The second kappa shape index (κ2) is 6.49. The average molecular weight is 275 g/mol. The standard InChI is InChI=1S/C15H27F2NO/c1-15(16,17)13-7-5-12(6-8-13)10-18-9-3-2-4-14(18)11-19/h12-14,19H,2-11H2,1H3/t12?,13?,14-/m0/s1. The molecule has 2 aliphatic rings. The molecule has 1 N–H and O–H groups in total. The van der Waals surface area contributed by atoms with Crippen molar-refractivity contribution in [1.29, 1.82) is 0 Å². The third-order valence-electron chi connectivity index (χ3n) is 5.02. The molecule has 0 unspecified atom stereocenters. The van der Waals surface area contributed by atoms with Gasteiger partial charge in [-0.25, -0.2) is 8.78 Å². The van der Waals surface area contributed by atoms with E-state index in [0.29, 0.717) is 24.8 Å². The van der Waals surface area contributed by atoms with Crippen LogP contribution in [0.3, 0.4) is 0 Å². The topological polar surface area (TPSA) is 23.5 Å². The van der Waals surface area contributed by atoms with E-state index in [9.17, 15) is 13.9 Å². The summed E-state index contributed by atoms with van der Waals surface area (Å²) in [7, 11) is 0. The molecule has 2 fully saturated rings. The molecule has 1 saturated carbocycles. The molecule has 0 radical (unpaired) electrons. The number of halogens is 2. The molecule has 0 amide bonds. The number of rotatable bonds is 4. The minimum atomic E-state index is -2.51. The molecule has 2 rings (SSSR count). The first-order chi connectivity index (χ1) is 9.00. The lowest BCUT2D eigenvalue weighted by Crippen LogP contribution is -2.45. The third kappa shape index (κ3) is 4.12. The molecule has 0 aromatic heterocycles. The van der Waals surface area contributed by atoms with Crippen LogP contribution in [0.5, 0.6) is 0 Å². The minimum Gasteiger partial charge on any atom is -0.395 e. The predicted molar refractivity (Wildman–Crippen MR) is 72.4 cm³/mol. The van der Waals surface area contributed by atoms with Crippen LogP contribution in [0.1, 0.15) is 51.9 Å². The summed E-state index contributed by atoms with van der Waals surface area (Å²) in [5, 5.41) is 9.40. The van der Waals surface area contributed by atoms with Gasteiger partial charge in [-0.15, -0.1) is 0 Å². The molecule has 1 atom stereocenters. The average Bonchev–Trinajstić information content (AvgIpc) is 2.39. The molecular weight excluding hydrogens is 248 g/mol. The van der Waals surface area contributed by atoms with Crippen molar-refractivity contribution < 1.29 is 13.9 Å². The van der Waals surface area contributed by atoms with E-state index in [4.69, 9.17) is 0 Å². The van der Waals surface area contributed by atoms with Crippen LogP contribution in [0.4, 0.5) is 8.78 Å². The summed E-state index contributed by atoms with van der Waals surface area (Å²) in [5.74, 6) is -2.38. The highest BCUT2D eigenvalue weighted by atomic mass is 19.3. The van der Waals surface area contributed by atoms with Gasteiger partial charge in [0.25, 0.3) is 0 Å². The fourth-order valence-corrected chi connectivity index (χ4v) is 3.69. The van der Waals surface area contributed by atoms with Crippen LogP contribution in [0.25, 0.3) is 0 Å². The molecule has 19 heavy (non-hydrogen) atoms. The van der Waals surface area contributed by atoms with E-state index in [2.05, 4.69) is 4.90 Å². The van der Waals surface area contributed by atoms with Crippen LogP contribution < -0.4 is 0 Å². The maximum atomic E-state index is 13.3. The Hall–Kier alpha value is -0.220. The number of aliphatic hydroxyl groups is 1. The van der Waals surface area contributed by atoms with Gasteiger partial charge in [-0.05, 0) is 57.9 Å². The molecule has 0 aromatic carbocycles. The van der Waals surface area contributed by atoms with Gasteiger partial charge in [0.2, 0.25) is 5.92 Å². The van der Waals surface area contributed by atoms with Gasteiger partial charge in [0.05, 0.1) is 6.61 Å². The Bertz CT molecular complexity index is 272. The van der Waals surface area contributed by atoms with Crippen molar-refractivity contribution in [3.8, 4) is 0 Å². The zero-order valence-corrected chi connectivity index (χ0v) is 12.0. The minimum absolute atomic E-state index is 0.238. The van der Waals surface area contributed by atoms with Gasteiger partial charge in [-0.2, -0.15) is 0 Å². The highest BCUT2D eigenvalue weighted by molar-refractivity contribution is 4.84. The number of likely N-dealkylation sites (tertiary alicyclic amines) is 1. The first-order valence-electron chi connectivity index (χ1n) is 7.73. The van der Waals surface area contributed by atoms with Crippen molar-refractivity contribution in [2.75, 3.05) is 19.7 Å². The highest BCUT2D eigenvalue weighted by Gasteiger charge is 2.37. The third-order valence-corrected chi connectivity index (χ3v) is 5.02. The lowest BCUT2D eigenvalue weighted by atomic mass is 9.79. The van der Waals surface area contributed by atoms with Crippen molar-refractivity contribution in [3.63, 3.8) is 0 Å². The Kier molecular flexibility index (Phi) is 5.18. The molecule has 0 bridgehead atoms. The number of nitrogens with zero attached hydrogens (tertiary/aromatic N) is 1. The van der Waals surface area contributed by atoms with E-state index >= 15 is 0 Å². The van der Waals surface area contributed by atoms with Crippen LogP contribution in [0.15, 0.2) is 0 Å².